The molecule has 0 aromatic carbocycles. The number of morpholine rings is 1. The minimum atomic E-state index is -0.109. The van der Waals surface area contributed by atoms with Gasteiger partial charge in [0.05, 0.1) is 12.6 Å². The summed E-state index contributed by atoms with van der Waals surface area (Å²) in [5.41, 5.74) is 8.06. The van der Waals surface area contributed by atoms with E-state index in [9.17, 15) is 4.79 Å². The maximum Gasteiger partial charge on any atom is 0.248 e. The molecule has 1 saturated heterocycles. The van der Waals surface area contributed by atoms with Crippen molar-refractivity contribution in [2.75, 3.05) is 26.8 Å². The van der Waals surface area contributed by atoms with E-state index in [1.807, 2.05) is 0 Å². The zero-order valence-corrected chi connectivity index (χ0v) is 6.80. The summed E-state index contributed by atoms with van der Waals surface area (Å²) in [6.45, 7) is 0.850. The van der Waals surface area contributed by atoms with Crippen molar-refractivity contribution in [1.29, 1.82) is 0 Å². The molecule has 6 nitrogen and oxygen atoms in total. The number of nitrogens with zero attached hydrogens (tertiary/aromatic N) is 4. The number of likely N-dealkylation sites (N-methyl/N-ethyl adjacent to an activating group) is 1. The van der Waals surface area contributed by atoms with Gasteiger partial charge in [-0.1, -0.05) is 5.11 Å². The van der Waals surface area contributed by atoms with Gasteiger partial charge in [0, 0.05) is 18.5 Å². The molecule has 66 valence electrons. The molecular formula is C6H10N4O2. The largest absolute Gasteiger partial charge is 0.369 e. The molecule has 1 atom stereocenters. The summed E-state index contributed by atoms with van der Waals surface area (Å²) < 4.78 is 4.99. The Morgan fingerprint density at radius 1 is 1.92 bits per heavy atom. The first-order valence-corrected chi connectivity index (χ1v) is 3.60. The standard InChI is InChI=1S/C6H10N4O2/c1-10-5(2-8-9-7)3-12-4-6(10)11/h5H,2-4H2,1H3/t5-/m1/s1. The van der Waals surface area contributed by atoms with Crippen molar-refractivity contribution >= 4 is 5.91 Å². The Labute approximate surface area is 69.7 Å². The van der Waals surface area contributed by atoms with Crippen molar-refractivity contribution in [2.45, 2.75) is 6.04 Å². The number of rotatable bonds is 2. The third-order valence-electron chi connectivity index (χ3n) is 1.83. The second kappa shape index (κ2) is 3.94. The number of hydrogen-bond donors (Lipinski definition) is 0. The molecule has 0 unspecified atom stereocenters. The number of azide groups is 1. The summed E-state index contributed by atoms with van der Waals surface area (Å²) in [4.78, 5) is 15.2. The topological polar surface area (TPSA) is 78.3 Å². The summed E-state index contributed by atoms with van der Waals surface area (Å²) in [5.74, 6) is -0.0700. The highest BCUT2D eigenvalue weighted by Gasteiger charge is 2.24. The zero-order chi connectivity index (χ0) is 8.97. The monoisotopic (exact) mass is 170 g/mol. The zero-order valence-electron chi connectivity index (χ0n) is 6.80. The van der Waals surface area contributed by atoms with Crippen LogP contribution in [0.15, 0.2) is 5.11 Å². The third-order valence-corrected chi connectivity index (χ3v) is 1.83. The maximum absolute atomic E-state index is 11.0. The van der Waals surface area contributed by atoms with Crippen molar-refractivity contribution in [3.63, 3.8) is 0 Å². The maximum atomic E-state index is 11.0. The molecule has 0 radical (unpaired) electrons. The third kappa shape index (κ3) is 1.87. The van der Waals surface area contributed by atoms with E-state index in [0.29, 0.717) is 6.61 Å². The Morgan fingerprint density at radius 2 is 2.67 bits per heavy atom. The van der Waals surface area contributed by atoms with Crippen LogP contribution in [0.5, 0.6) is 0 Å². The van der Waals surface area contributed by atoms with Gasteiger partial charge in [-0.2, -0.15) is 0 Å². The average molecular weight is 170 g/mol. The fourth-order valence-corrected chi connectivity index (χ4v) is 1.01. The van der Waals surface area contributed by atoms with E-state index in [2.05, 4.69) is 10.0 Å². The SMILES string of the molecule is CN1C(=O)COC[C@H]1CN=[N+]=[N-]. The van der Waals surface area contributed by atoms with Gasteiger partial charge in [-0.05, 0) is 5.53 Å². The van der Waals surface area contributed by atoms with Crippen LogP contribution in [0.1, 0.15) is 0 Å². The van der Waals surface area contributed by atoms with E-state index >= 15 is 0 Å². The molecule has 0 N–H and O–H groups in total. The van der Waals surface area contributed by atoms with Gasteiger partial charge in [0.15, 0.2) is 0 Å². The summed E-state index contributed by atoms with van der Waals surface area (Å²) in [6, 6.07) is -0.109. The van der Waals surface area contributed by atoms with Crippen LogP contribution in [0.3, 0.4) is 0 Å². The first-order chi connectivity index (χ1) is 5.75. The highest BCUT2D eigenvalue weighted by atomic mass is 16.5. The minimum absolute atomic E-state index is 0.0700. The fourth-order valence-electron chi connectivity index (χ4n) is 1.01. The Kier molecular flexibility index (Phi) is 2.90. The van der Waals surface area contributed by atoms with Crippen molar-refractivity contribution in [2.24, 2.45) is 5.11 Å². The Hall–Kier alpha value is -1.26. The molecule has 1 heterocycles. The molecule has 0 saturated carbocycles. The molecule has 0 spiro atoms. The number of hydrogen-bond acceptors (Lipinski definition) is 3. The summed E-state index contributed by atoms with van der Waals surface area (Å²) in [7, 11) is 1.68. The van der Waals surface area contributed by atoms with E-state index in [1.165, 1.54) is 0 Å². The molecule has 12 heavy (non-hydrogen) atoms. The van der Waals surface area contributed by atoms with E-state index in [-0.39, 0.29) is 25.1 Å². The van der Waals surface area contributed by atoms with Crippen LogP contribution < -0.4 is 0 Å². The van der Waals surface area contributed by atoms with Crippen LogP contribution in [-0.2, 0) is 9.53 Å². The Morgan fingerprint density at radius 3 is 3.33 bits per heavy atom. The van der Waals surface area contributed by atoms with E-state index < -0.39 is 0 Å². The first-order valence-electron chi connectivity index (χ1n) is 3.60. The van der Waals surface area contributed by atoms with Crippen molar-refractivity contribution in [3.8, 4) is 0 Å². The predicted octanol–water partition coefficient (Wildman–Crippen LogP) is 0.154. The van der Waals surface area contributed by atoms with Gasteiger partial charge in [-0.25, -0.2) is 0 Å². The highest BCUT2D eigenvalue weighted by Crippen LogP contribution is 2.05. The predicted molar refractivity (Wildman–Crippen MR) is 41.4 cm³/mol. The van der Waals surface area contributed by atoms with E-state index in [1.54, 1.807) is 11.9 Å². The lowest BCUT2D eigenvalue weighted by molar-refractivity contribution is -0.145. The molecule has 1 rings (SSSR count). The van der Waals surface area contributed by atoms with Crippen LogP contribution in [0.4, 0.5) is 0 Å². The number of carbonyl (C=O) groups excluding carboxylic acids is 1. The highest BCUT2D eigenvalue weighted by molar-refractivity contribution is 5.78. The number of amides is 1. The van der Waals surface area contributed by atoms with Crippen molar-refractivity contribution in [1.82, 2.24) is 4.90 Å². The second-order valence-corrected chi connectivity index (χ2v) is 2.59. The minimum Gasteiger partial charge on any atom is -0.369 e. The summed E-state index contributed by atoms with van der Waals surface area (Å²) >= 11 is 0. The van der Waals surface area contributed by atoms with Gasteiger partial charge in [-0.3, -0.25) is 4.79 Å². The fraction of sp³-hybridized carbons (Fsp3) is 0.833. The number of carbonyl (C=O) groups is 1. The van der Waals surface area contributed by atoms with Gasteiger partial charge in [0.1, 0.15) is 6.61 Å². The van der Waals surface area contributed by atoms with Crippen molar-refractivity contribution < 1.29 is 9.53 Å². The molecular weight excluding hydrogens is 160 g/mol. The van der Waals surface area contributed by atoms with Crippen LogP contribution in [-0.4, -0.2) is 43.7 Å². The van der Waals surface area contributed by atoms with Crippen LogP contribution in [0.2, 0.25) is 0 Å². The molecule has 1 fully saturated rings. The lowest BCUT2D eigenvalue weighted by Gasteiger charge is -2.31. The van der Waals surface area contributed by atoms with Crippen LogP contribution in [0.25, 0.3) is 10.4 Å². The molecule has 0 aromatic heterocycles. The quantitative estimate of drug-likeness (QED) is 0.336. The Balaban J connectivity index is 2.51. The van der Waals surface area contributed by atoms with Gasteiger partial charge < -0.3 is 9.64 Å². The molecule has 1 aliphatic heterocycles. The second-order valence-electron chi connectivity index (χ2n) is 2.59. The molecule has 6 heteroatoms. The lowest BCUT2D eigenvalue weighted by Crippen LogP contribution is -2.48. The summed E-state index contributed by atoms with van der Waals surface area (Å²) in [6.07, 6.45) is 0. The average Bonchev–Trinajstić information content (AvgIpc) is 2.08. The van der Waals surface area contributed by atoms with Gasteiger partial charge in [0.2, 0.25) is 5.91 Å². The Bertz CT molecular complexity index is 224. The molecule has 0 aromatic rings. The first kappa shape index (κ1) is 8.83. The van der Waals surface area contributed by atoms with Crippen molar-refractivity contribution in [3.05, 3.63) is 10.4 Å². The number of ether oxygens (including phenoxy) is 1. The molecule has 1 aliphatic rings. The molecule has 1 amide bonds. The van der Waals surface area contributed by atoms with Crippen LogP contribution in [0, 0.1) is 0 Å². The van der Waals surface area contributed by atoms with Gasteiger partial charge >= 0.3 is 0 Å². The van der Waals surface area contributed by atoms with E-state index in [4.69, 9.17) is 10.3 Å². The van der Waals surface area contributed by atoms with Crippen LogP contribution >= 0.6 is 0 Å². The molecule has 0 aliphatic carbocycles. The molecule has 0 bridgehead atoms. The normalized spacial score (nSPS) is 23.6. The van der Waals surface area contributed by atoms with Gasteiger partial charge in [-0.15, -0.1) is 0 Å². The van der Waals surface area contributed by atoms with Gasteiger partial charge in [0.25, 0.3) is 0 Å². The van der Waals surface area contributed by atoms with E-state index in [0.717, 1.165) is 0 Å². The summed E-state index contributed by atoms with van der Waals surface area (Å²) in [5, 5.41) is 3.39. The lowest BCUT2D eigenvalue weighted by atomic mass is 10.2. The smallest absolute Gasteiger partial charge is 0.248 e.